The summed E-state index contributed by atoms with van der Waals surface area (Å²) >= 11 is 12.0. The number of carbonyl (C=O) groups excluding carboxylic acids is 1. The lowest BCUT2D eigenvalue weighted by Gasteiger charge is -2.39. The Morgan fingerprint density at radius 3 is 2.34 bits per heavy atom. The molecule has 0 radical (unpaired) electrons. The third-order valence-electron chi connectivity index (χ3n) is 5.71. The molecule has 1 fully saturated rings. The lowest BCUT2D eigenvalue weighted by atomic mass is 9.83. The van der Waals surface area contributed by atoms with Crippen molar-refractivity contribution in [3.63, 3.8) is 0 Å². The zero-order valence-electron chi connectivity index (χ0n) is 17.4. The van der Waals surface area contributed by atoms with Crippen molar-refractivity contribution in [3.05, 3.63) is 69.5 Å². The minimum atomic E-state index is -1.81. The maximum atomic E-state index is 14.1. The Bertz CT molecular complexity index is 1080. The van der Waals surface area contributed by atoms with Gasteiger partial charge >= 0.3 is 11.9 Å². The van der Waals surface area contributed by atoms with E-state index < -0.39 is 41.2 Å². The van der Waals surface area contributed by atoms with Gasteiger partial charge in [-0.3, -0.25) is 9.59 Å². The molecule has 2 aromatic rings. The minimum Gasteiger partial charge on any atom is -0.481 e. The molecule has 0 saturated carbocycles. The van der Waals surface area contributed by atoms with Crippen molar-refractivity contribution in [1.82, 2.24) is 4.90 Å². The number of halogens is 3. The van der Waals surface area contributed by atoms with Crippen LogP contribution in [0.15, 0.2) is 42.5 Å². The van der Waals surface area contributed by atoms with Crippen molar-refractivity contribution >= 4 is 41.0 Å². The van der Waals surface area contributed by atoms with Crippen LogP contribution in [0.5, 0.6) is 0 Å². The van der Waals surface area contributed by atoms with Crippen molar-refractivity contribution in [3.8, 4) is 0 Å². The quantitative estimate of drug-likeness (QED) is 0.584. The zero-order chi connectivity index (χ0) is 23.8. The molecule has 1 aliphatic heterocycles. The number of nitrogens with zero attached hydrogens (tertiary/aromatic N) is 1. The third-order valence-corrected chi connectivity index (χ3v) is 6.45. The second-order valence-electron chi connectivity index (χ2n) is 8.39. The van der Waals surface area contributed by atoms with Gasteiger partial charge < -0.3 is 15.1 Å². The Labute approximate surface area is 194 Å². The van der Waals surface area contributed by atoms with Gasteiger partial charge in [-0.1, -0.05) is 49.2 Å². The Morgan fingerprint density at radius 2 is 1.81 bits per heavy atom. The first-order valence-electron chi connectivity index (χ1n) is 9.98. The van der Waals surface area contributed by atoms with E-state index in [0.29, 0.717) is 0 Å². The van der Waals surface area contributed by atoms with Crippen molar-refractivity contribution in [2.75, 3.05) is 0 Å². The van der Waals surface area contributed by atoms with Gasteiger partial charge in [-0.05, 0) is 54.7 Å². The molecule has 1 saturated heterocycles. The van der Waals surface area contributed by atoms with E-state index in [4.69, 9.17) is 23.2 Å². The van der Waals surface area contributed by atoms with E-state index in [1.807, 2.05) is 0 Å². The number of benzene rings is 2. The number of likely N-dealkylation sites (tertiary alicyclic amines) is 1. The fourth-order valence-electron chi connectivity index (χ4n) is 4.54. The Kier molecular flexibility index (Phi) is 6.81. The van der Waals surface area contributed by atoms with Crippen molar-refractivity contribution < 1.29 is 29.0 Å². The third kappa shape index (κ3) is 4.32. The molecule has 9 heteroatoms. The largest absolute Gasteiger partial charge is 0.481 e. The van der Waals surface area contributed by atoms with Crippen LogP contribution >= 0.6 is 23.2 Å². The van der Waals surface area contributed by atoms with E-state index in [0.717, 1.165) is 11.0 Å². The molecular weight excluding hydrogens is 460 g/mol. The first-order valence-corrected chi connectivity index (χ1v) is 10.7. The summed E-state index contributed by atoms with van der Waals surface area (Å²) in [4.78, 5) is 39.6. The molecule has 1 aliphatic rings. The highest BCUT2D eigenvalue weighted by atomic mass is 35.5. The van der Waals surface area contributed by atoms with E-state index in [1.54, 1.807) is 13.8 Å². The Hall–Kier alpha value is -2.64. The van der Waals surface area contributed by atoms with E-state index >= 15 is 0 Å². The highest BCUT2D eigenvalue weighted by Gasteiger charge is 2.60. The maximum Gasteiger partial charge on any atom is 0.329 e. The van der Waals surface area contributed by atoms with Crippen LogP contribution in [0.25, 0.3) is 0 Å². The van der Waals surface area contributed by atoms with Gasteiger partial charge in [0.2, 0.25) is 0 Å². The van der Waals surface area contributed by atoms with Crippen LogP contribution in [0.2, 0.25) is 10.0 Å². The van der Waals surface area contributed by atoms with Crippen LogP contribution in [0.1, 0.15) is 48.7 Å². The van der Waals surface area contributed by atoms with Crippen LogP contribution in [0.4, 0.5) is 4.39 Å². The molecule has 170 valence electrons. The predicted molar refractivity (Wildman–Crippen MR) is 117 cm³/mol. The molecule has 0 aromatic heterocycles. The molecular formula is C23H22Cl2FNO5. The second kappa shape index (κ2) is 9.08. The van der Waals surface area contributed by atoms with Crippen LogP contribution in [0, 0.1) is 17.7 Å². The molecule has 3 unspecified atom stereocenters. The van der Waals surface area contributed by atoms with Crippen LogP contribution in [-0.2, 0) is 9.59 Å². The molecule has 32 heavy (non-hydrogen) atoms. The topological polar surface area (TPSA) is 94.9 Å². The van der Waals surface area contributed by atoms with Gasteiger partial charge in [0.15, 0.2) is 0 Å². The molecule has 0 bridgehead atoms. The lowest BCUT2D eigenvalue weighted by Crippen LogP contribution is -2.54. The van der Waals surface area contributed by atoms with E-state index in [-0.39, 0.29) is 39.9 Å². The normalized spacial score (nSPS) is 22.9. The summed E-state index contributed by atoms with van der Waals surface area (Å²) in [5, 5.41) is 20.5. The number of aliphatic carboxylic acids is 2. The first-order chi connectivity index (χ1) is 15.0. The summed E-state index contributed by atoms with van der Waals surface area (Å²) in [6.45, 7) is 3.58. The molecule has 3 atom stereocenters. The number of carboxylic acid groups (broad SMARTS) is 2. The predicted octanol–water partition coefficient (Wildman–Crippen LogP) is 5.29. The molecule has 6 nitrogen and oxygen atoms in total. The van der Waals surface area contributed by atoms with Crippen molar-refractivity contribution in [2.24, 2.45) is 11.8 Å². The minimum absolute atomic E-state index is 0.0188. The van der Waals surface area contributed by atoms with Gasteiger partial charge in [0.25, 0.3) is 5.91 Å². The summed E-state index contributed by atoms with van der Waals surface area (Å²) in [6.07, 6.45) is -0.297. The van der Waals surface area contributed by atoms with E-state index in [2.05, 4.69) is 0 Å². The Balaban J connectivity index is 2.27. The van der Waals surface area contributed by atoms with Crippen molar-refractivity contribution in [1.29, 1.82) is 0 Å². The highest BCUT2D eigenvalue weighted by molar-refractivity contribution is 6.42. The van der Waals surface area contributed by atoms with Crippen molar-refractivity contribution in [2.45, 2.75) is 38.3 Å². The molecule has 2 aromatic carbocycles. The fraction of sp³-hybridized carbons (Fsp3) is 0.348. The van der Waals surface area contributed by atoms with E-state index in [1.165, 1.54) is 36.4 Å². The smallest absolute Gasteiger partial charge is 0.329 e. The van der Waals surface area contributed by atoms with Gasteiger partial charge in [-0.2, -0.15) is 0 Å². The molecule has 2 N–H and O–H groups in total. The molecule has 0 spiro atoms. The van der Waals surface area contributed by atoms with Gasteiger partial charge in [0.1, 0.15) is 11.4 Å². The summed E-state index contributed by atoms with van der Waals surface area (Å²) in [6, 6.07) is 8.13. The number of carboxylic acids is 2. The number of amides is 1. The molecule has 1 amide bonds. The van der Waals surface area contributed by atoms with Gasteiger partial charge in [0, 0.05) is 5.56 Å². The molecule has 3 rings (SSSR count). The summed E-state index contributed by atoms with van der Waals surface area (Å²) in [7, 11) is 0. The monoisotopic (exact) mass is 481 g/mol. The number of hydrogen-bond acceptors (Lipinski definition) is 3. The first kappa shape index (κ1) is 24.0. The fourth-order valence-corrected chi connectivity index (χ4v) is 4.84. The number of rotatable bonds is 6. The Morgan fingerprint density at radius 1 is 1.12 bits per heavy atom. The average molecular weight is 482 g/mol. The second-order valence-corrected chi connectivity index (χ2v) is 9.20. The number of hydrogen-bond donors (Lipinski definition) is 2. The summed E-state index contributed by atoms with van der Waals surface area (Å²) < 4.78 is 14.1. The van der Waals surface area contributed by atoms with Crippen LogP contribution < -0.4 is 0 Å². The SMILES string of the molecule is CC(C)CC1(C(=O)O)CC(C(=O)O)C(c2cccc(F)c2)N1C(=O)c1ccc(Cl)c(Cl)c1. The van der Waals surface area contributed by atoms with Gasteiger partial charge in [-0.15, -0.1) is 0 Å². The number of carbonyl (C=O) groups is 3. The highest BCUT2D eigenvalue weighted by Crippen LogP contribution is 2.50. The van der Waals surface area contributed by atoms with Gasteiger partial charge in [0.05, 0.1) is 22.0 Å². The zero-order valence-corrected chi connectivity index (χ0v) is 18.9. The molecule has 0 aliphatic carbocycles. The lowest BCUT2D eigenvalue weighted by molar-refractivity contribution is -0.150. The average Bonchev–Trinajstić information content (AvgIpc) is 3.05. The van der Waals surface area contributed by atoms with Crippen LogP contribution in [0.3, 0.4) is 0 Å². The van der Waals surface area contributed by atoms with E-state index in [9.17, 15) is 29.0 Å². The standard InChI is InChI=1S/C23H22Cl2FNO5/c1-12(2)10-23(22(31)32)11-16(21(29)30)19(13-4-3-5-15(26)8-13)27(23)20(28)14-6-7-17(24)18(25)9-14/h3-9,12,16,19H,10-11H2,1-2H3,(H,29,30)(H,31,32). The molecule has 1 heterocycles. The maximum absolute atomic E-state index is 14.1. The summed E-state index contributed by atoms with van der Waals surface area (Å²) in [5.74, 6) is -5.34. The van der Waals surface area contributed by atoms with Crippen LogP contribution in [-0.4, -0.2) is 38.5 Å². The summed E-state index contributed by atoms with van der Waals surface area (Å²) in [5.41, 5.74) is -1.55. The van der Waals surface area contributed by atoms with Gasteiger partial charge in [-0.25, -0.2) is 9.18 Å².